The molecule has 0 radical (unpaired) electrons. The lowest BCUT2D eigenvalue weighted by molar-refractivity contribution is -0.140. The Hall–Kier alpha value is -4.43. The second-order valence-corrected chi connectivity index (χ2v) is 14.9. The van der Waals surface area contributed by atoms with Gasteiger partial charge >= 0.3 is 0 Å². The van der Waals surface area contributed by atoms with Crippen LogP contribution in [0.25, 0.3) is 0 Å². The second kappa shape index (κ2) is 14.3. The molecule has 0 aromatic heterocycles. The Morgan fingerprint density at radius 3 is 1.98 bits per heavy atom. The summed E-state index contributed by atoms with van der Waals surface area (Å²) in [6, 6.07) is 28.5. The highest BCUT2D eigenvalue weighted by Gasteiger charge is 2.36. The molecular weight excluding hydrogens is 595 g/mol. The van der Waals surface area contributed by atoms with Crippen molar-refractivity contribution in [2.24, 2.45) is 0 Å². The summed E-state index contributed by atoms with van der Waals surface area (Å²) in [4.78, 5) is 30.4. The Bertz CT molecular complexity index is 1780. The predicted octanol–water partition coefficient (Wildman–Crippen LogP) is 6.67. The van der Waals surface area contributed by atoms with Crippen molar-refractivity contribution in [2.45, 2.75) is 77.9 Å². The summed E-state index contributed by atoms with van der Waals surface area (Å²) in [5.41, 5.74) is 5.20. The van der Waals surface area contributed by atoms with Crippen LogP contribution < -0.4 is 9.62 Å². The Morgan fingerprint density at radius 1 is 0.761 bits per heavy atom. The summed E-state index contributed by atoms with van der Waals surface area (Å²) in [6.45, 7) is 13.0. The molecule has 4 rings (SSSR count). The average molecular weight is 640 g/mol. The lowest BCUT2D eigenvalue weighted by Crippen LogP contribution is -2.56. The van der Waals surface area contributed by atoms with Gasteiger partial charge in [-0.05, 0) is 88.9 Å². The van der Waals surface area contributed by atoms with Crippen molar-refractivity contribution in [2.75, 3.05) is 10.8 Å². The van der Waals surface area contributed by atoms with E-state index in [1.165, 1.54) is 9.21 Å². The topological polar surface area (TPSA) is 86.8 Å². The lowest BCUT2D eigenvalue weighted by atomic mass is 10.00. The van der Waals surface area contributed by atoms with Crippen LogP contribution in [0.1, 0.15) is 54.2 Å². The van der Waals surface area contributed by atoms with Crippen molar-refractivity contribution in [3.05, 3.63) is 130 Å². The molecule has 0 saturated carbocycles. The zero-order valence-electron chi connectivity index (χ0n) is 27.9. The normalized spacial score (nSPS) is 12.3. The van der Waals surface area contributed by atoms with Crippen molar-refractivity contribution in [3.8, 4) is 0 Å². The summed E-state index contributed by atoms with van der Waals surface area (Å²) in [7, 11) is -4.16. The maximum atomic E-state index is 14.7. The molecule has 4 aromatic carbocycles. The number of anilines is 1. The third-order valence-electron chi connectivity index (χ3n) is 7.88. The molecule has 46 heavy (non-hydrogen) atoms. The molecule has 0 aliphatic carbocycles. The zero-order valence-corrected chi connectivity index (χ0v) is 28.7. The number of nitrogens with one attached hydrogen (secondary N) is 1. The summed E-state index contributed by atoms with van der Waals surface area (Å²) in [5.74, 6) is -0.790. The van der Waals surface area contributed by atoms with Crippen molar-refractivity contribution in [3.63, 3.8) is 0 Å². The molecule has 8 heteroatoms. The minimum absolute atomic E-state index is 0.0858. The summed E-state index contributed by atoms with van der Waals surface area (Å²) in [6.07, 6.45) is 0.259. The number of nitrogens with zero attached hydrogens (tertiary/aromatic N) is 2. The predicted molar refractivity (Wildman–Crippen MR) is 185 cm³/mol. The molecule has 0 aliphatic rings. The van der Waals surface area contributed by atoms with Gasteiger partial charge in [-0.25, -0.2) is 8.42 Å². The Kier molecular flexibility index (Phi) is 10.7. The number of carbonyl (C=O) groups excluding carboxylic acids is 2. The van der Waals surface area contributed by atoms with Gasteiger partial charge in [0, 0.05) is 18.5 Å². The number of benzene rings is 4. The van der Waals surface area contributed by atoms with Crippen LogP contribution in [0.15, 0.2) is 102 Å². The van der Waals surface area contributed by atoms with E-state index in [9.17, 15) is 18.0 Å². The summed E-state index contributed by atoms with van der Waals surface area (Å²) >= 11 is 0. The van der Waals surface area contributed by atoms with Crippen LogP contribution in [0.2, 0.25) is 0 Å². The molecule has 0 spiro atoms. The van der Waals surface area contributed by atoms with Gasteiger partial charge in [-0.1, -0.05) is 90.0 Å². The molecule has 7 nitrogen and oxygen atoms in total. The zero-order chi connectivity index (χ0) is 33.6. The number of hydrogen-bond acceptors (Lipinski definition) is 4. The van der Waals surface area contributed by atoms with E-state index < -0.39 is 34.1 Å². The van der Waals surface area contributed by atoms with E-state index in [0.717, 1.165) is 33.4 Å². The quantitative estimate of drug-likeness (QED) is 0.199. The lowest BCUT2D eigenvalue weighted by Gasteiger charge is -2.36. The van der Waals surface area contributed by atoms with Crippen LogP contribution in [0, 0.1) is 27.7 Å². The van der Waals surface area contributed by atoms with Crippen LogP contribution in [0.4, 0.5) is 5.69 Å². The molecule has 0 bridgehead atoms. The van der Waals surface area contributed by atoms with Gasteiger partial charge in [-0.2, -0.15) is 0 Å². The smallest absolute Gasteiger partial charge is 0.264 e. The Morgan fingerprint density at radius 2 is 1.37 bits per heavy atom. The van der Waals surface area contributed by atoms with E-state index in [1.807, 2.05) is 115 Å². The molecular formula is C38H45N3O4S. The van der Waals surface area contributed by atoms with E-state index >= 15 is 0 Å². The van der Waals surface area contributed by atoms with Gasteiger partial charge in [-0.15, -0.1) is 0 Å². The molecule has 1 atom stereocenters. The molecule has 4 aromatic rings. The Labute approximate surface area is 274 Å². The van der Waals surface area contributed by atoms with E-state index in [4.69, 9.17) is 0 Å². The van der Waals surface area contributed by atoms with Crippen LogP contribution in [-0.4, -0.2) is 43.3 Å². The van der Waals surface area contributed by atoms with Gasteiger partial charge in [0.25, 0.3) is 10.0 Å². The van der Waals surface area contributed by atoms with E-state index in [-0.39, 0.29) is 23.8 Å². The highest BCUT2D eigenvalue weighted by molar-refractivity contribution is 7.92. The van der Waals surface area contributed by atoms with Gasteiger partial charge in [0.2, 0.25) is 11.8 Å². The van der Waals surface area contributed by atoms with Crippen LogP contribution in [0.5, 0.6) is 0 Å². The number of amides is 2. The van der Waals surface area contributed by atoms with Crippen LogP contribution in [-0.2, 0) is 32.6 Å². The van der Waals surface area contributed by atoms with Gasteiger partial charge in [0.1, 0.15) is 12.6 Å². The fraction of sp³-hybridized carbons (Fsp3) is 0.316. The van der Waals surface area contributed by atoms with Crippen molar-refractivity contribution in [1.82, 2.24) is 10.2 Å². The minimum atomic E-state index is -4.16. The van der Waals surface area contributed by atoms with Crippen molar-refractivity contribution < 1.29 is 18.0 Å². The van der Waals surface area contributed by atoms with Gasteiger partial charge in [0.15, 0.2) is 0 Å². The molecule has 0 fully saturated rings. The number of rotatable bonds is 11. The first-order valence-corrected chi connectivity index (χ1v) is 17.0. The first-order valence-electron chi connectivity index (χ1n) is 15.5. The number of sulfonamides is 1. The maximum Gasteiger partial charge on any atom is 0.264 e. The first-order chi connectivity index (χ1) is 21.7. The second-order valence-electron chi connectivity index (χ2n) is 13.0. The highest BCUT2D eigenvalue weighted by atomic mass is 32.2. The van der Waals surface area contributed by atoms with Crippen LogP contribution in [0.3, 0.4) is 0 Å². The largest absolute Gasteiger partial charge is 0.350 e. The summed E-state index contributed by atoms with van der Waals surface area (Å²) < 4.78 is 29.8. The van der Waals surface area contributed by atoms with Gasteiger partial charge in [0.05, 0.1) is 10.6 Å². The van der Waals surface area contributed by atoms with Gasteiger partial charge in [-0.3, -0.25) is 13.9 Å². The number of aryl methyl sites for hydroxylation is 4. The number of carbonyl (C=O) groups is 2. The van der Waals surface area contributed by atoms with Crippen LogP contribution >= 0.6 is 0 Å². The molecule has 242 valence electrons. The molecule has 0 aliphatic heterocycles. The first kappa shape index (κ1) is 34.4. The maximum absolute atomic E-state index is 14.7. The average Bonchev–Trinajstić information content (AvgIpc) is 2.98. The highest BCUT2D eigenvalue weighted by Crippen LogP contribution is 2.29. The third-order valence-corrected chi connectivity index (χ3v) is 9.65. The molecule has 0 saturated heterocycles. The fourth-order valence-corrected chi connectivity index (χ4v) is 6.89. The molecule has 2 amide bonds. The third kappa shape index (κ3) is 8.63. The monoisotopic (exact) mass is 639 g/mol. The van der Waals surface area contributed by atoms with Crippen molar-refractivity contribution in [1.29, 1.82) is 0 Å². The van der Waals surface area contributed by atoms with E-state index in [1.54, 1.807) is 30.3 Å². The molecule has 0 unspecified atom stereocenters. The minimum Gasteiger partial charge on any atom is -0.350 e. The van der Waals surface area contributed by atoms with E-state index in [0.29, 0.717) is 5.69 Å². The van der Waals surface area contributed by atoms with Gasteiger partial charge < -0.3 is 10.2 Å². The van der Waals surface area contributed by atoms with E-state index in [2.05, 4.69) is 5.32 Å². The molecule has 1 N–H and O–H groups in total. The summed E-state index contributed by atoms with van der Waals surface area (Å²) in [5, 5.41) is 3.07. The molecule has 0 heterocycles. The van der Waals surface area contributed by atoms with Crippen molar-refractivity contribution >= 4 is 27.5 Å². The Balaban J connectivity index is 1.85. The fourth-order valence-electron chi connectivity index (χ4n) is 5.41. The SMILES string of the molecule is Cc1ccc(S(=O)(=O)N(CC(=O)N(Cc2ccccc2C)[C@H](Cc2ccccc2)C(=O)NC(C)(C)C)c2ccc(C)cc2C)cc1. The standard InChI is InChI=1S/C38H45N3O4S/c1-27-17-20-33(21-18-27)46(44,45)41(34-22-19-28(2)23-30(34)4)26-36(42)40(25-32-16-12-11-13-29(32)3)35(37(43)39-38(5,6)7)24-31-14-9-8-10-15-31/h8-23,35H,24-26H2,1-7H3,(H,39,43)/t35-/m1/s1. The number of hydrogen-bond donors (Lipinski definition) is 1.